The summed E-state index contributed by atoms with van der Waals surface area (Å²) in [6.07, 6.45) is 0.160. The van der Waals surface area contributed by atoms with Crippen molar-refractivity contribution in [2.24, 2.45) is 11.7 Å². The molecule has 3 N–H and O–H groups in total. The number of carbonyl (C=O) groups excluding carboxylic acids is 1. The lowest BCUT2D eigenvalue weighted by Gasteiger charge is -2.25. The van der Waals surface area contributed by atoms with E-state index in [1.54, 1.807) is 39.0 Å². The molecule has 0 aliphatic rings. The average Bonchev–Trinajstić information content (AvgIpc) is 2.31. The minimum absolute atomic E-state index is 0.160. The quantitative estimate of drug-likeness (QED) is 0.631. The van der Waals surface area contributed by atoms with Crippen molar-refractivity contribution < 1.29 is 19.4 Å². The Morgan fingerprint density at radius 3 is 2.32 bits per heavy atom. The van der Waals surface area contributed by atoms with Crippen LogP contribution in [0.3, 0.4) is 0 Å². The van der Waals surface area contributed by atoms with Gasteiger partial charge >= 0.3 is 11.9 Å². The molecule has 0 spiro atoms. The standard InChI is InChI=1S/C15H19Cl2NO4/c1-15(2,3)22-14(21)12(13(19)20)11(18)7-8-4-5-9(16)10(17)6-8/h4-6,11-12H,7,18H2,1-3H3,(H,19,20)/t11-,12-/m1/s1. The van der Waals surface area contributed by atoms with Gasteiger partial charge in [-0.2, -0.15) is 0 Å². The van der Waals surface area contributed by atoms with E-state index in [0.717, 1.165) is 0 Å². The second kappa shape index (κ2) is 7.31. The van der Waals surface area contributed by atoms with Crippen molar-refractivity contribution in [3.05, 3.63) is 33.8 Å². The van der Waals surface area contributed by atoms with Crippen LogP contribution in [0.15, 0.2) is 18.2 Å². The summed E-state index contributed by atoms with van der Waals surface area (Å²) in [7, 11) is 0. The molecule has 0 fully saturated rings. The lowest BCUT2D eigenvalue weighted by Crippen LogP contribution is -2.45. The Morgan fingerprint density at radius 1 is 1.27 bits per heavy atom. The van der Waals surface area contributed by atoms with Crippen LogP contribution in [0.1, 0.15) is 26.3 Å². The van der Waals surface area contributed by atoms with E-state index in [2.05, 4.69) is 0 Å². The molecule has 0 unspecified atom stereocenters. The van der Waals surface area contributed by atoms with Crippen LogP contribution >= 0.6 is 23.2 Å². The minimum Gasteiger partial charge on any atom is -0.481 e. The highest BCUT2D eigenvalue weighted by atomic mass is 35.5. The lowest BCUT2D eigenvalue weighted by molar-refractivity contribution is -0.167. The first-order valence-electron chi connectivity index (χ1n) is 6.66. The van der Waals surface area contributed by atoms with Crippen molar-refractivity contribution in [3.63, 3.8) is 0 Å². The van der Waals surface area contributed by atoms with E-state index in [1.807, 2.05) is 0 Å². The molecule has 1 aromatic rings. The molecule has 5 nitrogen and oxygen atoms in total. The number of rotatable bonds is 5. The molecule has 0 aliphatic carbocycles. The van der Waals surface area contributed by atoms with Crippen molar-refractivity contribution in [1.29, 1.82) is 0 Å². The number of ether oxygens (including phenoxy) is 1. The van der Waals surface area contributed by atoms with E-state index < -0.39 is 29.5 Å². The molecular formula is C15H19Cl2NO4. The Hall–Kier alpha value is -1.30. The molecule has 122 valence electrons. The molecule has 0 saturated heterocycles. The Morgan fingerprint density at radius 2 is 1.86 bits per heavy atom. The predicted octanol–water partition coefficient (Wildman–Crippen LogP) is 2.91. The normalized spacial score (nSPS) is 14.3. The molecule has 0 aliphatic heterocycles. The molecule has 0 radical (unpaired) electrons. The van der Waals surface area contributed by atoms with Crippen molar-refractivity contribution in [2.75, 3.05) is 0 Å². The average molecular weight is 348 g/mol. The SMILES string of the molecule is CC(C)(C)OC(=O)[C@@H](C(=O)O)[C@H](N)Cc1ccc(Cl)c(Cl)c1. The number of nitrogens with two attached hydrogens (primary N) is 1. The summed E-state index contributed by atoms with van der Waals surface area (Å²) in [5, 5.41) is 9.99. The zero-order valence-corrected chi connectivity index (χ0v) is 14.1. The molecule has 0 saturated carbocycles. The van der Waals surface area contributed by atoms with Gasteiger partial charge in [0.1, 0.15) is 5.60 Å². The predicted molar refractivity (Wildman–Crippen MR) is 85.1 cm³/mol. The maximum absolute atomic E-state index is 12.0. The van der Waals surface area contributed by atoms with Crippen LogP contribution in [0.2, 0.25) is 10.0 Å². The summed E-state index contributed by atoms with van der Waals surface area (Å²) >= 11 is 11.7. The van der Waals surface area contributed by atoms with Gasteiger partial charge in [-0.15, -0.1) is 0 Å². The maximum atomic E-state index is 12.0. The highest BCUT2D eigenvalue weighted by Crippen LogP contribution is 2.24. The second-order valence-corrected chi connectivity index (χ2v) is 6.78. The van der Waals surface area contributed by atoms with Crippen molar-refractivity contribution in [2.45, 2.75) is 38.8 Å². The van der Waals surface area contributed by atoms with Gasteiger partial charge in [-0.3, -0.25) is 9.59 Å². The van der Waals surface area contributed by atoms with Crippen LogP contribution < -0.4 is 5.73 Å². The van der Waals surface area contributed by atoms with Gasteiger partial charge in [-0.1, -0.05) is 29.3 Å². The van der Waals surface area contributed by atoms with Gasteiger partial charge in [0.15, 0.2) is 5.92 Å². The van der Waals surface area contributed by atoms with E-state index in [4.69, 9.17) is 33.7 Å². The van der Waals surface area contributed by atoms with Crippen molar-refractivity contribution >= 4 is 35.1 Å². The Bertz CT molecular complexity index is 569. The highest BCUT2D eigenvalue weighted by molar-refractivity contribution is 6.42. The number of carboxylic acids is 1. The summed E-state index contributed by atoms with van der Waals surface area (Å²) in [5.41, 5.74) is 5.81. The lowest BCUT2D eigenvalue weighted by atomic mass is 9.94. The first-order valence-corrected chi connectivity index (χ1v) is 7.42. The third-order valence-electron chi connectivity index (χ3n) is 2.81. The zero-order valence-electron chi connectivity index (χ0n) is 12.6. The van der Waals surface area contributed by atoms with E-state index in [1.165, 1.54) is 0 Å². The van der Waals surface area contributed by atoms with Gasteiger partial charge in [0.25, 0.3) is 0 Å². The number of carboxylic acid groups (broad SMARTS) is 1. The molecule has 2 atom stereocenters. The third-order valence-corrected chi connectivity index (χ3v) is 3.55. The van der Waals surface area contributed by atoms with Crippen LogP contribution in [0, 0.1) is 5.92 Å². The molecule has 0 aromatic heterocycles. The van der Waals surface area contributed by atoms with Gasteiger partial charge < -0.3 is 15.6 Å². The van der Waals surface area contributed by atoms with Crippen LogP contribution in [-0.4, -0.2) is 28.7 Å². The molecule has 0 amide bonds. The number of halogens is 2. The van der Waals surface area contributed by atoms with Gasteiger partial charge in [0.05, 0.1) is 10.0 Å². The maximum Gasteiger partial charge on any atom is 0.322 e. The van der Waals surface area contributed by atoms with Gasteiger partial charge in [0.2, 0.25) is 0 Å². The summed E-state index contributed by atoms with van der Waals surface area (Å²) in [4.78, 5) is 23.4. The summed E-state index contributed by atoms with van der Waals surface area (Å²) in [6.45, 7) is 4.98. The van der Waals surface area contributed by atoms with Crippen LogP contribution in [0.5, 0.6) is 0 Å². The van der Waals surface area contributed by atoms with E-state index in [0.29, 0.717) is 15.6 Å². The number of esters is 1. The number of hydrogen-bond donors (Lipinski definition) is 2. The fourth-order valence-corrected chi connectivity index (χ4v) is 2.20. The second-order valence-electron chi connectivity index (χ2n) is 5.97. The summed E-state index contributed by atoms with van der Waals surface area (Å²) < 4.78 is 5.12. The van der Waals surface area contributed by atoms with E-state index in [-0.39, 0.29) is 6.42 Å². The van der Waals surface area contributed by atoms with Gasteiger partial charge in [0, 0.05) is 6.04 Å². The largest absolute Gasteiger partial charge is 0.481 e. The van der Waals surface area contributed by atoms with Crippen LogP contribution in [0.25, 0.3) is 0 Å². The van der Waals surface area contributed by atoms with Crippen LogP contribution in [0.4, 0.5) is 0 Å². The smallest absolute Gasteiger partial charge is 0.322 e. The van der Waals surface area contributed by atoms with E-state index in [9.17, 15) is 14.7 Å². The topological polar surface area (TPSA) is 89.6 Å². The monoisotopic (exact) mass is 347 g/mol. The number of aliphatic carboxylic acids is 1. The first kappa shape index (κ1) is 18.7. The Kier molecular flexibility index (Phi) is 6.23. The van der Waals surface area contributed by atoms with E-state index >= 15 is 0 Å². The number of benzene rings is 1. The first-order chi connectivity index (χ1) is 10.0. The van der Waals surface area contributed by atoms with Gasteiger partial charge in [-0.05, 0) is 44.9 Å². The Balaban J connectivity index is 2.89. The number of carbonyl (C=O) groups is 2. The molecular weight excluding hydrogens is 329 g/mol. The fourth-order valence-electron chi connectivity index (χ4n) is 1.88. The molecule has 1 aromatic carbocycles. The van der Waals surface area contributed by atoms with Crippen LogP contribution in [-0.2, 0) is 20.7 Å². The molecule has 0 bridgehead atoms. The Labute approximate surface area is 139 Å². The van der Waals surface area contributed by atoms with Crippen molar-refractivity contribution in [3.8, 4) is 0 Å². The minimum atomic E-state index is -1.45. The van der Waals surface area contributed by atoms with Gasteiger partial charge in [-0.25, -0.2) is 0 Å². The molecule has 0 heterocycles. The summed E-state index contributed by atoms with van der Waals surface area (Å²) in [6, 6.07) is 3.93. The number of hydrogen-bond acceptors (Lipinski definition) is 4. The molecule has 22 heavy (non-hydrogen) atoms. The van der Waals surface area contributed by atoms with Crippen molar-refractivity contribution in [1.82, 2.24) is 0 Å². The highest BCUT2D eigenvalue weighted by Gasteiger charge is 2.36. The molecule has 1 rings (SSSR count). The zero-order chi connectivity index (χ0) is 17.1. The third kappa shape index (κ3) is 5.48. The summed E-state index contributed by atoms with van der Waals surface area (Å²) in [5.74, 6) is -3.62. The fraction of sp³-hybridized carbons (Fsp3) is 0.467. The molecule has 7 heteroatoms.